The fraction of sp³-hybridized carbons (Fsp3) is 0.231. The minimum atomic E-state index is -4.57. The summed E-state index contributed by atoms with van der Waals surface area (Å²) >= 11 is 0. The lowest BCUT2D eigenvalue weighted by molar-refractivity contribution is -0.137. The molecule has 0 radical (unpaired) electrons. The number of rotatable bonds is 3. The summed E-state index contributed by atoms with van der Waals surface area (Å²) in [5.41, 5.74) is -1.55. The van der Waals surface area contributed by atoms with Gasteiger partial charge in [-0.2, -0.15) is 18.3 Å². The number of aryl methyl sites for hydroxylation is 1. The van der Waals surface area contributed by atoms with Gasteiger partial charge in [-0.15, -0.1) is 0 Å². The number of aromatic carboxylic acids is 1. The van der Waals surface area contributed by atoms with Crippen LogP contribution in [0, 0.1) is 0 Å². The number of alkyl halides is 3. The fourth-order valence-corrected chi connectivity index (χ4v) is 1.88. The van der Waals surface area contributed by atoms with E-state index in [1.54, 1.807) is 6.92 Å². The summed E-state index contributed by atoms with van der Waals surface area (Å²) in [5.74, 6) is -1.31. The largest absolute Gasteiger partial charge is 0.478 e. The summed E-state index contributed by atoms with van der Waals surface area (Å²) in [5, 5.41) is 13.0. The molecule has 1 aromatic carbocycles. The second-order valence-corrected chi connectivity index (χ2v) is 4.10. The first kappa shape index (κ1) is 14.1. The van der Waals surface area contributed by atoms with Crippen LogP contribution in [0.15, 0.2) is 30.5 Å². The number of hydrogen-bond acceptors (Lipinski definition) is 2. The van der Waals surface area contributed by atoms with Crippen molar-refractivity contribution in [3.63, 3.8) is 0 Å². The predicted octanol–water partition coefficient (Wildman–Crippen LogP) is 3.29. The Morgan fingerprint density at radius 3 is 2.55 bits per heavy atom. The minimum absolute atomic E-state index is 0.174. The van der Waals surface area contributed by atoms with Crippen molar-refractivity contribution in [2.45, 2.75) is 19.6 Å². The Morgan fingerprint density at radius 2 is 2.00 bits per heavy atom. The summed E-state index contributed by atoms with van der Waals surface area (Å²) in [6.45, 7) is 2.09. The fourth-order valence-electron chi connectivity index (χ4n) is 1.88. The minimum Gasteiger partial charge on any atom is -0.478 e. The van der Waals surface area contributed by atoms with Crippen LogP contribution in [0.2, 0.25) is 0 Å². The van der Waals surface area contributed by atoms with Crippen LogP contribution in [0.3, 0.4) is 0 Å². The maximum atomic E-state index is 13.0. The van der Waals surface area contributed by atoms with Gasteiger partial charge >= 0.3 is 12.1 Å². The Balaban J connectivity index is 2.69. The second kappa shape index (κ2) is 4.99. The number of aromatic nitrogens is 2. The molecule has 0 spiro atoms. The second-order valence-electron chi connectivity index (χ2n) is 4.10. The van der Waals surface area contributed by atoms with Crippen LogP contribution in [-0.4, -0.2) is 20.9 Å². The quantitative estimate of drug-likeness (QED) is 0.941. The van der Waals surface area contributed by atoms with E-state index in [0.29, 0.717) is 6.54 Å². The summed E-state index contributed by atoms with van der Waals surface area (Å²) in [6.07, 6.45) is -3.34. The van der Waals surface area contributed by atoms with E-state index in [4.69, 9.17) is 5.11 Å². The highest BCUT2D eigenvalue weighted by Crippen LogP contribution is 2.37. The van der Waals surface area contributed by atoms with Gasteiger partial charge in [0.05, 0.1) is 5.56 Å². The van der Waals surface area contributed by atoms with Crippen LogP contribution >= 0.6 is 0 Å². The third-order valence-corrected chi connectivity index (χ3v) is 2.80. The Hall–Kier alpha value is -2.31. The van der Waals surface area contributed by atoms with Gasteiger partial charge in [0.2, 0.25) is 0 Å². The van der Waals surface area contributed by atoms with E-state index in [2.05, 4.69) is 5.10 Å². The molecule has 0 amide bonds. The van der Waals surface area contributed by atoms with Crippen molar-refractivity contribution < 1.29 is 23.1 Å². The average Bonchev–Trinajstić information content (AvgIpc) is 2.82. The Kier molecular flexibility index (Phi) is 3.52. The molecule has 0 saturated heterocycles. The normalized spacial score (nSPS) is 11.6. The van der Waals surface area contributed by atoms with Crippen LogP contribution in [0.25, 0.3) is 11.3 Å². The molecule has 2 rings (SSSR count). The van der Waals surface area contributed by atoms with Crippen molar-refractivity contribution in [3.05, 3.63) is 41.6 Å². The lowest BCUT2D eigenvalue weighted by Gasteiger charge is -2.11. The smallest absolute Gasteiger partial charge is 0.417 e. The van der Waals surface area contributed by atoms with Gasteiger partial charge in [0, 0.05) is 18.3 Å². The molecular formula is C13H11F3N2O2. The van der Waals surface area contributed by atoms with Gasteiger partial charge in [-0.3, -0.25) is 4.68 Å². The summed E-state index contributed by atoms with van der Waals surface area (Å²) in [7, 11) is 0. The molecule has 7 heteroatoms. The monoisotopic (exact) mass is 284 g/mol. The Bertz CT molecular complexity index is 647. The van der Waals surface area contributed by atoms with Crippen LogP contribution in [0.5, 0.6) is 0 Å². The highest BCUT2D eigenvalue weighted by atomic mass is 19.4. The van der Waals surface area contributed by atoms with Crippen molar-refractivity contribution in [1.82, 2.24) is 9.78 Å². The van der Waals surface area contributed by atoms with Crippen LogP contribution in [0.4, 0.5) is 13.2 Å². The highest BCUT2D eigenvalue weighted by Gasteiger charge is 2.35. The zero-order chi connectivity index (χ0) is 14.9. The SMILES string of the molecule is CCn1cc(C(=O)O)c(-c2ccccc2C(F)(F)F)n1. The number of halogens is 3. The molecular weight excluding hydrogens is 273 g/mol. The van der Waals surface area contributed by atoms with Gasteiger partial charge < -0.3 is 5.11 Å². The first-order chi connectivity index (χ1) is 9.34. The molecule has 0 bridgehead atoms. The number of hydrogen-bond donors (Lipinski definition) is 1. The lowest BCUT2D eigenvalue weighted by atomic mass is 10.0. The standard InChI is InChI=1S/C13H11F3N2O2/c1-2-18-7-9(12(19)20)11(17-18)8-5-3-4-6-10(8)13(14,15)16/h3-7H,2H2,1H3,(H,19,20). The molecule has 0 aliphatic carbocycles. The van der Waals surface area contributed by atoms with Crippen molar-refractivity contribution in [3.8, 4) is 11.3 Å². The molecule has 0 saturated carbocycles. The average molecular weight is 284 g/mol. The van der Waals surface area contributed by atoms with E-state index < -0.39 is 17.7 Å². The molecule has 0 atom stereocenters. The van der Waals surface area contributed by atoms with Gasteiger partial charge in [-0.1, -0.05) is 18.2 Å². The number of benzene rings is 1. The molecule has 0 aliphatic rings. The van der Waals surface area contributed by atoms with Crippen molar-refractivity contribution in [1.29, 1.82) is 0 Å². The zero-order valence-corrected chi connectivity index (χ0v) is 10.5. The van der Waals surface area contributed by atoms with E-state index in [-0.39, 0.29) is 16.8 Å². The van der Waals surface area contributed by atoms with Gasteiger partial charge in [-0.05, 0) is 13.0 Å². The number of carboxylic acids is 1. The zero-order valence-electron chi connectivity index (χ0n) is 10.5. The Morgan fingerprint density at radius 1 is 1.35 bits per heavy atom. The maximum Gasteiger partial charge on any atom is 0.417 e. The van der Waals surface area contributed by atoms with Crippen LogP contribution in [-0.2, 0) is 12.7 Å². The van der Waals surface area contributed by atoms with Crippen molar-refractivity contribution in [2.75, 3.05) is 0 Å². The molecule has 2 aromatic rings. The molecule has 20 heavy (non-hydrogen) atoms. The van der Waals surface area contributed by atoms with Gasteiger partial charge in [-0.25, -0.2) is 4.79 Å². The van der Waals surface area contributed by atoms with Crippen LogP contribution in [0.1, 0.15) is 22.8 Å². The molecule has 0 fully saturated rings. The first-order valence-corrected chi connectivity index (χ1v) is 5.82. The maximum absolute atomic E-state index is 13.0. The van der Waals surface area contributed by atoms with Gasteiger partial charge in [0.1, 0.15) is 11.3 Å². The van der Waals surface area contributed by atoms with Crippen LogP contribution < -0.4 is 0 Å². The van der Waals surface area contributed by atoms with E-state index >= 15 is 0 Å². The van der Waals surface area contributed by atoms with Gasteiger partial charge in [0.25, 0.3) is 0 Å². The van der Waals surface area contributed by atoms with E-state index in [1.807, 2.05) is 0 Å². The third-order valence-electron chi connectivity index (χ3n) is 2.80. The number of carbonyl (C=O) groups is 1. The van der Waals surface area contributed by atoms with E-state index in [9.17, 15) is 18.0 Å². The summed E-state index contributed by atoms with van der Waals surface area (Å²) in [4.78, 5) is 11.2. The number of nitrogens with zero attached hydrogens (tertiary/aromatic N) is 2. The molecule has 1 N–H and O–H groups in total. The summed E-state index contributed by atoms with van der Waals surface area (Å²) in [6, 6.07) is 4.80. The topological polar surface area (TPSA) is 55.1 Å². The molecule has 4 nitrogen and oxygen atoms in total. The molecule has 1 aromatic heterocycles. The highest BCUT2D eigenvalue weighted by molar-refractivity contribution is 5.95. The molecule has 1 heterocycles. The molecule has 106 valence electrons. The van der Waals surface area contributed by atoms with E-state index in [0.717, 1.165) is 6.07 Å². The molecule has 0 unspecified atom stereocenters. The lowest BCUT2D eigenvalue weighted by Crippen LogP contribution is -2.08. The van der Waals surface area contributed by atoms with Crippen molar-refractivity contribution >= 4 is 5.97 Å². The Labute approximate surface area is 112 Å². The van der Waals surface area contributed by atoms with Gasteiger partial charge in [0.15, 0.2) is 0 Å². The third kappa shape index (κ3) is 2.52. The summed E-state index contributed by atoms with van der Waals surface area (Å²) < 4.78 is 40.2. The first-order valence-electron chi connectivity index (χ1n) is 5.82. The van der Waals surface area contributed by atoms with E-state index in [1.165, 1.54) is 29.1 Å². The van der Waals surface area contributed by atoms with Crippen molar-refractivity contribution in [2.24, 2.45) is 0 Å². The number of carboxylic acid groups (broad SMARTS) is 1. The predicted molar refractivity (Wildman–Crippen MR) is 65.3 cm³/mol. The molecule has 0 aliphatic heterocycles.